The van der Waals surface area contributed by atoms with E-state index in [1.54, 1.807) is 6.07 Å². The van der Waals surface area contributed by atoms with Crippen LogP contribution in [0.15, 0.2) is 17.1 Å². The lowest BCUT2D eigenvalue weighted by molar-refractivity contribution is -0.124. The van der Waals surface area contributed by atoms with E-state index in [0.29, 0.717) is 18.4 Å². The van der Waals surface area contributed by atoms with Crippen molar-refractivity contribution in [1.82, 2.24) is 19.4 Å². The number of fused-ring (bicyclic) bond motifs is 1. The van der Waals surface area contributed by atoms with Crippen LogP contribution in [0.25, 0.3) is 11.0 Å². The summed E-state index contributed by atoms with van der Waals surface area (Å²) in [4.78, 5) is 29.1. The van der Waals surface area contributed by atoms with Gasteiger partial charge in [0.2, 0.25) is 5.91 Å². The molecular formula is C18H23ClN4O2. The van der Waals surface area contributed by atoms with Crippen LogP contribution in [-0.4, -0.2) is 25.6 Å². The van der Waals surface area contributed by atoms with Gasteiger partial charge in [0.1, 0.15) is 5.15 Å². The van der Waals surface area contributed by atoms with E-state index in [1.165, 1.54) is 10.8 Å². The monoisotopic (exact) mass is 365 g/mol. The minimum Gasteiger partial charge on any atom is -0.351 e. The zero-order valence-electron chi connectivity index (χ0n) is 17.1. The van der Waals surface area contributed by atoms with E-state index in [4.69, 9.17) is 15.7 Å². The normalized spacial score (nSPS) is 29.0. The van der Waals surface area contributed by atoms with Crippen LogP contribution in [0.2, 0.25) is 5.15 Å². The van der Waals surface area contributed by atoms with Crippen LogP contribution in [-0.2, 0) is 11.8 Å². The van der Waals surface area contributed by atoms with Crippen molar-refractivity contribution in [3.63, 3.8) is 0 Å². The molecule has 2 saturated carbocycles. The Morgan fingerprint density at radius 1 is 1.36 bits per heavy atom. The molecule has 0 radical (unpaired) electrons. The first kappa shape index (κ1) is 13.4. The average Bonchev–Trinajstić information content (AvgIpc) is 3.39. The first-order chi connectivity index (χ1) is 13.1. The second-order valence-corrected chi connectivity index (χ2v) is 7.93. The Morgan fingerprint density at radius 2 is 2.08 bits per heavy atom. The molecule has 0 aliphatic heterocycles. The molecule has 6 nitrogen and oxygen atoms in total. The molecule has 0 aromatic carbocycles. The first-order valence-corrected chi connectivity index (χ1v) is 9.08. The molecule has 7 heteroatoms. The van der Waals surface area contributed by atoms with E-state index in [9.17, 15) is 9.59 Å². The number of carbonyl (C=O) groups excluding carboxylic acids is 1. The number of halogens is 1. The molecule has 0 saturated heterocycles. The van der Waals surface area contributed by atoms with Crippen molar-refractivity contribution < 1.29 is 8.91 Å². The van der Waals surface area contributed by atoms with E-state index < -0.39 is 12.7 Å². The quantitative estimate of drug-likeness (QED) is 0.850. The predicted octanol–water partition coefficient (Wildman–Crippen LogP) is 2.79. The van der Waals surface area contributed by atoms with E-state index in [0.717, 1.165) is 30.3 Å². The van der Waals surface area contributed by atoms with Gasteiger partial charge in [0.05, 0.1) is 17.2 Å². The Hall–Kier alpha value is -1.82. The Morgan fingerprint density at radius 3 is 2.72 bits per heavy atom. The van der Waals surface area contributed by atoms with Gasteiger partial charge in [-0.15, -0.1) is 0 Å². The van der Waals surface area contributed by atoms with Gasteiger partial charge in [-0.1, -0.05) is 11.6 Å². The number of pyridine rings is 1. The van der Waals surface area contributed by atoms with Gasteiger partial charge in [-0.25, -0.2) is 9.78 Å². The fraction of sp³-hybridized carbons (Fsp3) is 0.611. The van der Waals surface area contributed by atoms with Gasteiger partial charge in [-0.05, 0) is 45.4 Å². The summed E-state index contributed by atoms with van der Waals surface area (Å²) in [5.41, 5.74) is -0.127. The molecule has 2 fully saturated rings. The second-order valence-electron chi connectivity index (χ2n) is 7.54. The highest BCUT2D eigenvalue weighted by molar-refractivity contribution is 6.29. The summed E-state index contributed by atoms with van der Waals surface area (Å²) < 4.78 is 25.6. The number of hydrogen-bond donors (Lipinski definition) is 1. The van der Waals surface area contributed by atoms with Gasteiger partial charge in [0, 0.05) is 34.7 Å². The summed E-state index contributed by atoms with van der Waals surface area (Å²) >= 11 is 6.02. The highest BCUT2D eigenvalue weighted by atomic mass is 35.5. The van der Waals surface area contributed by atoms with E-state index in [2.05, 4.69) is 10.3 Å². The zero-order chi connectivity index (χ0) is 20.3. The number of imidazole rings is 1. The molecule has 134 valence electrons. The zero-order valence-corrected chi connectivity index (χ0v) is 14.8. The predicted molar refractivity (Wildman–Crippen MR) is 96.8 cm³/mol. The van der Waals surface area contributed by atoms with Crippen molar-refractivity contribution in [2.75, 3.05) is 0 Å². The number of aromatic nitrogens is 3. The van der Waals surface area contributed by atoms with Crippen LogP contribution in [0.3, 0.4) is 0 Å². The third-order valence-electron chi connectivity index (χ3n) is 5.52. The smallest absolute Gasteiger partial charge is 0.329 e. The second kappa shape index (κ2) is 5.87. The number of nitrogens with zero attached hydrogens (tertiary/aromatic N) is 3. The summed E-state index contributed by atoms with van der Waals surface area (Å²) in [6, 6.07) is 1.39. The Bertz CT molecular complexity index is 985. The highest BCUT2D eigenvalue weighted by Crippen LogP contribution is 2.37. The Labute approximate surface area is 155 Å². The van der Waals surface area contributed by atoms with Gasteiger partial charge >= 0.3 is 5.69 Å². The molecule has 2 aromatic heterocycles. The van der Waals surface area contributed by atoms with E-state index in [-0.39, 0.29) is 34.1 Å². The summed E-state index contributed by atoms with van der Waals surface area (Å²) in [7, 11) is 0. The molecule has 2 heterocycles. The first-order valence-electron chi connectivity index (χ1n) is 10.2. The molecule has 1 amide bonds. The SMILES string of the molecule is [2H]C([2H])([2H])n1c(=O)n(C2CCC(C)(NC(=O)C3CC3)CC2)c2cc(Cl)ncc21. The summed E-state index contributed by atoms with van der Waals surface area (Å²) in [5, 5.41) is 3.38. The molecule has 1 N–H and O–H groups in total. The lowest BCUT2D eigenvalue weighted by atomic mass is 9.80. The number of rotatable bonds is 3. The van der Waals surface area contributed by atoms with Gasteiger partial charge in [-0.2, -0.15) is 0 Å². The molecule has 0 atom stereocenters. The molecule has 2 aromatic rings. The maximum atomic E-state index is 13.0. The lowest BCUT2D eigenvalue weighted by Gasteiger charge is -2.38. The van der Waals surface area contributed by atoms with Crippen molar-refractivity contribution in [2.45, 2.75) is 57.0 Å². The standard InChI is InChI=1S/C18H23ClN4O2/c1-18(21-16(24)11-3-4-11)7-5-12(6-8-18)23-13-9-15(19)20-10-14(13)22(2)17(23)25/h9-12H,3-8H2,1-2H3,(H,21,24)/i2D3. The minimum absolute atomic E-state index is 0.120. The van der Waals surface area contributed by atoms with Crippen LogP contribution in [0.5, 0.6) is 0 Å². The third-order valence-corrected chi connectivity index (χ3v) is 5.73. The summed E-state index contributed by atoms with van der Waals surface area (Å²) in [6.07, 6.45) is 6.05. The molecular weight excluding hydrogens is 340 g/mol. The van der Waals surface area contributed by atoms with Crippen LogP contribution in [0.4, 0.5) is 0 Å². The van der Waals surface area contributed by atoms with Crippen molar-refractivity contribution in [1.29, 1.82) is 0 Å². The Balaban J connectivity index is 1.65. The third kappa shape index (κ3) is 2.97. The largest absolute Gasteiger partial charge is 0.351 e. The minimum atomic E-state index is -2.60. The summed E-state index contributed by atoms with van der Waals surface area (Å²) in [5.74, 6) is 0.277. The fourth-order valence-electron chi connectivity index (χ4n) is 3.81. The fourth-order valence-corrected chi connectivity index (χ4v) is 3.96. The van der Waals surface area contributed by atoms with Gasteiger partial charge in [0.15, 0.2) is 0 Å². The van der Waals surface area contributed by atoms with Gasteiger partial charge in [-0.3, -0.25) is 13.9 Å². The number of hydrogen-bond acceptors (Lipinski definition) is 3. The van der Waals surface area contributed by atoms with Crippen molar-refractivity contribution >= 4 is 28.5 Å². The van der Waals surface area contributed by atoms with Gasteiger partial charge in [0.25, 0.3) is 0 Å². The maximum absolute atomic E-state index is 13.0. The highest BCUT2D eigenvalue weighted by Gasteiger charge is 2.38. The molecule has 0 bridgehead atoms. The van der Waals surface area contributed by atoms with Crippen LogP contribution in [0.1, 0.15) is 55.6 Å². The topological polar surface area (TPSA) is 68.9 Å². The molecule has 2 aliphatic carbocycles. The molecule has 0 unspecified atom stereocenters. The number of aryl methyl sites for hydroxylation is 1. The number of carbonyl (C=O) groups is 1. The number of amides is 1. The maximum Gasteiger partial charge on any atom is 0.329 e. The summed E-state index contributed by atoms with van der Waals surface area (Å²) in [6.45, 7) is -0.559. The van der Waals surface area contributed by atoms with Gasteiger partial charge < -0.3 is 5.32 Å². The molecule has 4 rings (SSSR count). The van der Waals surface area contributed by atoms with E-state index in [1.807, 2.05) is 6.92 Å². The molecule has 2 aliphatic rings. The molecule has 0 spiro atoms. The lowest BCUT2D eigenvalue weighted by Crippen LogP contribution is -2.49. The number of nitrogens with one attached hydrogen (secondary N) is 1. The van der Waals surface area contributed by atoms with Crippen molar-refractivity contribution in [3.8, 4) is 0 Å². The van der Waals surface area contributed by atoms with E-state index >= 15 is 0 Å². The van der Waals surface area contributed by atoms with Crippen LogP contribution >= 0.6 is 11.6 Å². The van der Waals surface area contributed by atoms with Crippen LogP contribution in [0, 0.1) is 5.92 Å². The van der Waals surface area contributed by atoms with Crippen molar-refractivity contribution in [2.24, 2.45) is 12.9 Å². The van der Waals surface area contributed by atoms with Crippen molar-refractivity contribution in [3.05, 3.63) is 27.9 Å². The molecule has 25 heavy (non-hydrogen) atoms. The Kier molecular flexibility index (Phi) is 3.14. The average molecular weight is 366 g/mol. The van der Waals surface area contributed by atoms with Crippen LogP contribution < -0.4 is 11.0 Å².